The van der Waals surface area contributed by atoms with E-state index >= 15 is 0 Å². The highest BCUT2D eigenvalue weighted by molar-refractivity contribution is 6.30. The number of rotatable bonds is 8. The number of benzene rings is 1. The van der Waals surface area contributed by atoms with Crippen LogP contribution >= 0.6 is 11.6 Å². The molecule has 0 spiro atoms. The minimum atomic E-state index is -2.89. The molecule has 3 aromatic heterocycles. The van der Waals surface area contributed by atoms with Gasteiger partial charge in [-0.1, -0.05) is 23.7 Å². The summed E-state index contributed by atoms with van der Waals surface area (Å²) in [5.41, 5.74) is 1.41. The largest absolute Gasteiger partial charge is 0.349 e. The highest BCUT2D eigenvalue weighted by atomic mass is 35.5. The number of pyridine rings is 2. The third-order valence-electron chi connectivity index (χ3n) is 7.95. The Morgan fingerprint density at radius 1 is 0.905 bits per heavy atom. The van der Waals surface area contributed by atoms with Gasteiger partial charge in [-0.25, -0.2) is 18.6 Å². The number of nitrogens with one attached hydrogen (secondary N) is 2. The van der Waals surface area contributed by atoms with Gasteiger partial charge in [0.05, 0.1) is 33.5 Å². The summed E-state index contributed by atoms with van der Waals surface area (Å²) in [6.07, 6.45) is 4.52. The van der Waals surface area contributed by atoms with Crippen LogP contribution < -0.4 is 16.3 Å². The summed E-state index contributed by atoms with van der Waals surface area (Å²) in [5.74, 6) is -0.650. The minimum absolute atomic E-state index is 0.115. The summed E-state index contributed by atoms with van der Waals surface area (Å²) in [6.45, 7) is 0.496. The van der Waals surface area contributed by atoms with Crippen LogP contribution in [0.15, 0.2) is 59.7 Å². The number of hydrogen-bond acceptors (Lipinski definition) is 5. The smallest absolute Gasteiger partial charge is 0.333 e. The minimum Gasteiger partial charge on any atom is -0.349 e. The fraction of sp³-hybridized carbons (Fsp3) is 0.367. The van der Waals surface area contributed by atoms with Crippen LogP contribution in [-0.2, 0) is 6.54 Å². The average Bonchev–Trinajstić information content (AvgIpc) is 3.76. The fourth-order valence-electron chi connectivity index (χ4n) is 5.59. The van der Waals surface area contributed by atoms with Crippen LogP contribution in [0.4, 0.5) is 8.78 Å². The van der Waals surface area contributed by atoms with E-state index in [1.807, 2.05) is 24.3 Å². The van der Waals surface area contributed by atoms with Gasteiger partial charge in [0, 0.05) is 24.8 Å². The maximum Gasteiger partial charge on any atom is 0.333 e. The number of halogens is 3. The molecule has 2 aliphatic carbocycles. The highest BCUT2D eigenvalue weighted by Gasteiger charge is 2.28. The maximum atomic E-state index is 13.7. The van der Waals surface area contributed by atoms with Crippen molar-refractivity contribution in [3.8, 4) is 5.69 Å². The van der Waals surface area contributed by atoms with Gasteiger partial charge in [0.25, 0.3) is 18.2 Å². The molecule has 9 nitrogen and oxygen atoms in total. The van der Waals surface area contributed by atoms with Crippen LogP contribution in [-0.4, -0.2) is 43.0 Å². The molecule has 1 aromatic carbocycles. The standard InChI is InChI=1S/C30H29ClF2N6O3/c31-18-13-22(26(27(32)33)35-14-18)28(40)36-19-7-5-17(6-8-19)16-38-24-3-1-2-4-25(24)39(30(38)42)21-11-12-23(34-15-21)29(41)37-20-9-10-20/h1-4,11-15,17,19-20,27H,5-10,16H2,(H,36,40)(H,37,41)/t17-,19-. The van der Waals surface area contributed by atoms with Gasteiger partial charge in [-0.3, -0.25) is 23.7 Å². The molecule has 0 aliphatic heterocycles. The number of hydrogen-bond donors (Lipinski definition) is 2. The summed E-state index contributed by atoms with van der Waals surface area (Å²) >= 11 is 5.90. The zero-order valence-corrected chi connectivity index (χ0v) is 23.4. The van der Waals surface area contributed by atoms with Gasteiger partial charge in [-0.15, -0.1) is 0 Å². The molecule has 6 rings (SSSR count). The zero-order chi connectivity index (χ0) is 29.4. The lowest BCUT2D eigenvalue weighted by Gasteiger charge is -2.29. The van der Waals surface area contributed by atoms with Crippen LogP contribution in [0.1, 0.15) is 71.5 Å². The Morgan fingerprint density at radius 3 is 2.21 bits per heavy atom. The summed E-state index contributed by atoms with van der Waals surface area (Å²) in [6, 6.07) is 12.2. The highest BCUT2D eigenvalue weighted by Crippen LogP contribution is 2.29. The topological polar surface area (TPSA) is 111 Å². The Bertz CT molecular complexity index is 1690. The van der Waals surface area contributed by atoms with Crippen molar-refractivity contribution in [2.75, 3.05) is 0 Å². The molecule has 3 heterocycles. The van der Waals surface area contributed by atoms with E-state index in [9.17, 15) is 23.2 Å². The fourth-order valence-corrected chi connectivity index (χ4v) is 5.75. The number of imidazole rings is 1. The molecule has 12 heteroatoms. The molecule has 2 amide bonds. The SMILES string of the molecule is O=C(NC1CC1)c1ccc(-n2c(=O)n(C[C@H]3CC[C@H](NC(=O)c4cc(Cl)cnc4C(F)F)CC3)c3ccccc32)cn1. The third-order valence-corrected chi connectivity index (χ3v) is 8.15. The van der Waals surface area contributed by atoms with Crippen molar-refractivity contribution in [1.82, 2.24) is 29.7 Å². The molecule has 0 atom stereocenters. The molecular formula is C30H29ClF2N6O3. The number of fused-ring (bicyclic) bond motifs is 1. The quantitative estimate of drug-likeness (QED) is 0.296. The molecule has 4 aromatic rings. The molecule has 0 unspecified atom stereocenters. The lowest BCUT2D eigenvalue weighted by molar-refractivity contribution is 0.0903. The Hall–Kier alpha value is -4.12. The van der Waals surface area contributed by atoms with Crippen LogP contribution in [0.5, 0.6) is 0 Å². The van der Waals surface area contributed by atoms with Crippen molar-refractivity contribution >= 4 is 34.4 Å². The summed E-state index contributed by atoms with van der Waals surface area (Å²) in [4.78, 5) is 46.8. The van der Waals surface area contributed by atoms with Gasteiger partial charge < -0.3 is 10.6 Å². The second-order valence-electron chi connectivity index (χ2n) is 10.9. The first-order chi connectivity index (χ1) is 20.3. The van der Waals surface area contributed by atoms with Gasteiger partial charge >= 0.3 is 5.69 Å². The van der Waals surface area contributed by atoms with Crippen molar-refractivity contribution in [3.63, 3.8) is 0 Å². The lowest BCUT2D eigenvalue weighted by Crippen LogP contribution is -2.39. The second kappa shape index (κ2) is 11.6. The Balaban J connectivity index is 1.15. The summed E-state index contributed by atoms with van der Waals surface area (Å²) in [5, 5.41) is 5.89. The normalized spacial score (nSPS) is 18.8. The Morgan fingerprint density at radius 2 is 1.57 bits per heavy atom. The third kappa shape index (κ3) is 5.78. The second-order valence-corrected chi connectivity index (χ2v) is 11.4. The molecule has 218 valence electrons. The van der Waals surface area contributed by atoms with E-state index in [-0.39, 0.29) is 40.2 Å². The number of carbonyl (C=O) groups excluding carboxylic acids is 2. The molecule has 2 N–H and O–H groups in total. The Kier molecular flexibility index (Phi) is 7.76. The predicted molar refractivity (Wildman–Crippen MR) is 153 cm³/mol. The van der Waals surface area contributed by atoms with Crippen molar-refractivity contribution in [2.24, 2.45) is 5.92 Å². The number of amides is 2. The monoisotopic (exact) mass is 594 g/mol. The van der Waals surface area contributed by atoms with Crippen LogP contribution in [0.2, 0.25) is 5.02 Å². The van der Waals surface area contributed by atoms with Crippen LogP contribution in [0.25, 0.3) is 16.7 Å². The van der Waals surface area contributed by atoms with Gasteiger partial charge in [-0.2, -0.15) is 0 Å². The van der Waals surface area contributed by atoms with Crippen molar-refractivity contribution in [3.05, 3.63) is 87.3 Å². The van der Waals surface area contributed by atoms with Gasteiger partial charge in [0.1, 0.15) is 11.4 Å². The number of carbonyl (C=O) groups is 2. The van der Waals surface area contributed by atoms with Crippen molar-refractivity contribution in [2.45, 2.75) is 63.6 Å². The average molecular weight is 595 g/mol. The number of aromatic nitrogens is 4. The zero-order valence-electron chi connectivity index (χ0n) is 22.6. The van der Waals surface area contributed by atoms with E-state index in [1.165, 1.54) is 6.07 Å². The molecule has 2 saturated carbocycles. The summed E-state index contributed by atoms with van der Waals surface area (Å²) < 4.78 is 30.1. The molecule has 0 bridgehead atoms. The maximum absolute atomic E-state index is 13.7. The van der Waals surface area contributed by atoms with Crippen LogP contribution in [0, 0.1) is 5.92 Å². The van der Waals surface area contributed by atoms with E-state index in [0.29, 0.717) is 30.8 Å². The molecular weight excluding hydrogens is 566 g/mol. The first-order valence-corrected chi connectivity index (χ1v) is 14.4. The number of nitrogens with zero attached hydrogens (tertiary/aromatic N) is 4. The Labute approximate surface area is 244 Å². The first-order valence-electron chi connectivity index (χ1n) is 14.0. The van der Waals surface area contributed by atoms with E-state index < -0.39 is 18.0 Å². The lowest BCUT2D eigenvalue weighted by atomic mass is 9.85. The van der Waals surface area contributed by atoms with Gasteiger partial charge in [-0.05, 0) is 74.8 Å². The number of para-hydroxylation sites is 2. The van der Waals surface area contributed by atoms with Crippen LogP contribution in [0.3, 0.4) is 0 Å². The molecule has 0 radical (unpaired) electrons. The van der Waals surface area contributed by atoms with Gasteiger partial charge in [0.2, 0.25) is 0 Å². The van der Waals surface area contributed by atoms with Gasteiger partial charge in [0.15, 0.2) is 0 Å². The summed E-state index contributed by atoms with van der Waals surface area (Å²) in [7, 11) is 0. The molecule has 42 heavy (non-hydrogen) atoms. The molecule has 0 saturated heterocycles. The first kappa shape index (κ1) is 28.0. The van der Waals surface area contributed by atoms with Crippen molar-refractivity contribution in [1.29, 1.82) is 0 Å². The van der Waals surface area contributed by atoms with Crippen molar-refractivity contribution < 1.29 is 18.4 Å². The van der Waals surface area contributed by atoms with E-state index in [0.717, 1.165) is 42.9 Å². The van der Waals surface area contributed by atoms with E-state index in [1.54, 1.807) is 27.5 Å². The molecule has 2 fully saturated rings. The number of alkyl halides is 2. The van der Waals surface area contributed by atoms with E-state index in [4.69, 9.17) is 11.6 Å². The predicted octanol–water partition coefficient (Wildman–Crippen LogP) is 5.05. The molecule has 2 aliphatic rings. The van der Waals surface area contributed by atoms with E-state index in [2.05, 4.69) is 20.6 Å².